The van der Waals surface area contributed by atoms with E-state index in [1.54, 1.807) is 18.2 Å². The summed E-state index contributed by atoms with van der Waals surface area (Å²) >= 11 is 0. The molecule has 3 aromatic rings. The molecule has 2 aromatic heterocycles. The SMILES string of the molecule is COc1ccc2c(-c3cn([C@@H]4OC[C@@H](OC(C)=O)[C@H](OC(C)=O)[C@H]4OC(C)=O)nn3)cc(=O)oc2c1. The lowest BCUT2D eigenvalue weighted by Crippen LogP contribution is -2.55. The van der Waals surface area contributed by atoms with Gasteiger partial charge in [0.1, 0.15) is 17.0 Å². The monoisotopic (exact) mass is 501 g/mol. The van der Waals surface area contributed by atoms with E-state index in [0.717, 1.165) is 0 Å². The number of esters is 3. The van der Waals surface area contributed by atoms with Gasteiger partial charge in [0.05, 0.1) is 19.9 Å². The number of aromatic nitrogens is 3. The Kier molecular flexibility index (Phi) is 7.01. The number of methoxy groups -OCH3 is 1. The summed E-state index contributed by atoms with van der Waals surface area (Å²) < 4.78 is 33.5. The molecule has 3 heterocycles. The van der Waals surface area contributed by atoms with Crippen molar-refractivity contribution in [1.82, 2.24) is 15.0 Å². The predicted molar refractivity (Wildman–Crippen MR) is 120 cm³/mol. The Labute approximate surface area is 203 Å². The van der Waals surface area contributed by atoms with Gasteiger partial charge in [0.25, 0.3) is 0 Å². The molecule has 1 saturated heterocycles. The summed E-state index contributed by atoms with van der Waals surface area (Å²) in [5.41, 5.74) is 0.419. The fourth-order valence-electron chi connectivity index (χ4n) is 3.96. The first kappa shape index (κ1) is 24.9. The Morgan fingerprint density at radius 3 is 2.36 bits per heavy atom. The second kappa shape index (κ2) is 10.2. The molecule has 0 bridgehead atoms. The van der Waals surface area contributed by atoms with Crippen LogP contribution in [-0.2, 0) is 33.3 Å². The van der Waals surface area contributed by atoms with Gasteiger partial charge in [-0.05, 0) is 12.1 Å². The zero-order valence-electron chi connectivity index (χ0n) is 19.8. The number of carbonyl (C=O) groups is 3. The Morgan fingerprint density at radius 2 is 1.69 bits per heavy atom. The van der Waals surface area contributed by atoms with Crippen LogP contribution in [0.1, 0.15) is 27.0 Å². The molecule has 0 unspecified atom stereocenters. The van der Waals surface area contributed by atoms with E-state index in [2.05, 4.69) is 10.3 Å². The van der Waals surface area contributed by atoms with Crippen molar-refractivity contribution in [1.29, 1.82) is 0 Å². The summed E-state index contributed by atoms with van der Waals surface area (Å²) in [6, 6.07) is 6.26. The van der Waals surface area contributed by atoms with Crippen LogP contribution >= 0.6 is 0 Å². The van der Waals surface area contributed by atoms with Crippen LogP contribution in [0.25, 0.3) is 22.2 Å². The van der Waals surface area contributed by atoms with E-state index >= 15 is 0 Å². The maximum atomic E-state index is 12.2. The van der Waals surface area contributed by atoms with Gasteiger partial charge in [0.2, 0.25) is 0 Å². The van der Waals surface area contributed by atoms with E-state index in [9.17, 15) is 19.2 Å². The Morgan fingerprint density at radius 1 is 1.00 bits per heavy atom. The maximum Gasteiger partial charge on any atom is 0.336 e. The standard InChI is InChI=1S/C23H23N3O10/c1-11(27)33-19-10-32-23(22(35-13(3)29)21(19)34-12(2)28)26-9-17(24-25-26)16-8-20(30)36-18-7-14(31-4)5-6-15(16)18/h5-9,19,21-23H,10H2,1-4H3/t19-,21+,22-,23-/m1/s1. The molecular formula is C23H23N3O10. The van der Waals surface area contributed by atoms with Gasteiger partial charge in [0.15, 0.2) is 24.5 Å². The molecule has 1 fully saturated rings. The number of nitrogens with zero attached hydrogens (tertiary/aromatic N) is 3. The number of ether oxygens (including phenoxy) is 5. The largest absolute Gasteiger partial charge is 0.497 e. The van der Waals surface area contributed by atoms with Crippen LogP contribution in [0.15, 0.2) is 39.7 Å². The Bertz CT molecular complexity index is 1360. The van der Waals surface area contributed by atoms with Gasteiger partial charge in [-0.25, -0.2) is 9.48 Å². The van der Waals surface area contributed by atoms with Crippen molar-refractivity contribution in [2.75, 3.05) is 13.7 Å². The highest BCUT2D eigenvalue weighted by atomic mass is 16.6. The lowest BCUT2D eigenvalue weighted by atomic mass is 10.0. The van der Waals surface area contributed by atoms with Crippen molar-refractivity contribution >= 4 is 28.9 Å². The second-order valence-corrected chi connectivity index (χ2v) is 7.94. The molecular weight excluding hydrogens is 478 g/mol. The highest BCUT2D eigenvalue weighted by Gasteiger charge is 2.48. The zero-order chi connectivity index (χ0) is 26.0. The molecule has 190 valence electrons. The fourth-order valence-corrected chi connectivity index (χ4v) is 3.96. The second-order valence-electron chi connectivity index (χ2n) is 7.94. The zero-order valence-corrected chi connectivity index (χ0v) is 19.8. The van der Waals surface area contributed by atoms with Crippen molar-refractivity contribution in [2.45, 2.75) is 45.3 Å². The first-order valence-corrected chi connectivity index (χ1v) is 10.8. The van der Waals surface area contributed by atoms with E-state index in [0.29, 0.717) is 22.4 Å². The molecule has 0 aliphatic carbocycles. The number of carbonyl (C=O) groups excluding carboxylic acids is 3. The minimum Gasteiger partial charge on any atom is -0.497 e. The smallest absolute Gasteiger partial charge is 0.336 e. The van der Waals surface area contributed by atoms with Crippen molar-refractivity contribution in [3.63, 3.8) is 0 Å². The molecule has 1 aliphatic rings. The van der Waals surface area contributed by atoms with Crippen LogP contribution in [0.2, 0.25) is 0 Å². The number of fused-ring (bicyclic) bond motifs is 1. The van der Waals surface area contributed by atoms with Gasteiger partial charge in [-0.1, -0.05) is 5.21 Å². The van der Waals surface area contributed by atoms with Crippen LogP contribution in [0.4, 0.5) is 0 Å². The van der Waals surface area contributed by atoms with E-state index in [1.165, 1.54) is 44.8 Å². The average Bonchev–Trinajstić information content (AvgIpc) is 3.29. The van der Waals surface area contributed by atoms with Crippen molar-refractivity contribution < 1.29 is 42.5 Å². The molecule has 13 heteroatoms. The summed E-state index contributed by atoms with van der Waals surface area (Å²) in [4.78, 5) is 47.4. The molecule has 36 heavy (non-hydrogen) atoms. The maximum absolute atomic E-state index is 12.2. The summed E-state index contributed by atoms with van der Waals surface area (Å²) in [6.07, 6.45) is -3.01. The third kappa shape index (κ3) is 5.20. The molecule has 13 nitrogen and oxygen atoms in total. The van der Waals surface area contributed by atoms with E-state index in [-0.39, 0.29) is 12.2 Å². The topological polar surface area (TPSA) is 158 Å². The molecule has 0 N–H and O–H groups in total. The molecule has 4 rings (SSSR count). The molecule has 1 aromatic carbocycles. The third-order valence-corrected chi connectivity index (χ3v) is 5.32. The summed E-state index contributed by atoms with van der Waals surface area (Å²) in [6.45, 7) is 3.37. The number of rotatable bonds is 6. The minimum absolute atomic E-state index is 0.174. The minimum atomic E-state index is -1.22. The first-order chi connectivity index (χ1) is 17.2. The summed E-state index contributed by atoms with van der Waals surface area (Å²) in [5.74, 6) is -1.48. The molecule has 1 aliphatic heterocycles. The summed E-state index contributed by atoms with van der Waals surface area (Å²) in [5, 5.41) is 8.82. The van der Waals surface area contributed by atoms with Gasteiger partial charge in [-0.2, -0.15) is 0 Å². The third-order valence-electron chi connectivity index (χ3n) is 5.32. The predicted octanol–water partition coefficient (Wildman–Crippen LogP) is 1.38. The highest BCUT2D eigenvalue weighted by Crippen LogP contribution is 2.33. The molecule has 4 atom stereocenters. The molecule has 0 spiro atoms. The van der Waals surface area contributed by atoms with E-state index in [1.807, 2.05) is 0 Å². The summed E-state index contributed by atoms with van der Waals surface area (Å²) in [7, 11) is 1.49. The van der Waals surface area contributed by atoms with Crippen LogP contribution in [0, 0.1) is 0 Å². The van der Waals surface area contributed by atoms with Gasteiger partial charge in [0, 0.05) is 43.9 Å². The van der Waals surface area contributed by atoms with Crippen molar-refractivity contribution in [3.8, 4) is 17.0 Å². The lowest BCUT2D eigenvalue weighted by molar-refractivity contribution is -0.241. The van der Waals surface area contributed by atoms with Gasteiger partial charge in [-0.3, -0.25) is 14.4 Å². The fraction of sp³-hybridized carbons (Fsp3) is 0.391. The Balaban J connectivity index is 1.73. The van der Waals surface area contributed by atoms with Crippen LogP contribution in [0.5, 0.6) is 5.75 Å². The van der Waals surface area contributed by atoms with Gasteiger partial charge >= 0.3 is 23.5 Å². The lowest BCUT2D eigenvalue weighted by Gasteiger charge is -2.40. The van der Waals surface area contributed by atoms with Crippen LogP contribution < -0.4 is 10.4 Å². The van der Waals surface area contributed by atoms with Crippen LogP contribution in [-0.4, -0.2) is 64.9 Å². The van der Waals surface area contributed by atoms with Crippen molar-refractivity contribution in [2.24, 2.45) is 0 Å². The van der Waals surface area contributed by atoms with E-state index in [4.69, 9.17) is 28.1 Å². The van der Waals surface area contributed by atoms with Crippen molar-refractivity contribution in [3.05, 3.63) is 40.9 Å². The first-order valence-electron chi connectivity index (χ1n) is 10.8. The van der Waals surface area contributed by atoms with Gasteiger partial charge < -0.3 is 28.1 Å². The number of hydrogen-bond acceptors (Lipinski definition) is 12. The van der Waals surface area contributed by atoms with Crippen LogP contribution in [0.3, 0.4) is 0 Å². The normalized spacial score (nSPS) is 21.6. The van der Waals surface area contributed by atoms with E-state index < -0.39 is 48.1 Å². The number of benzene rings is 1. The molecule has 0 amide bonds. The molecule has 0 saturated carbocycles. The van der Waals surface area contributed by atoms with Gasteiger partial charge in [-0.15, -0.1) is 5.10 Å². The number of hydrogen-bond donors (Lipinski definition) is 0. The Hall–Kier alpha value is -4.26. The average molecular weight is 501 g/mol. The highest BCUT2D eigenvalue weighted by molar-refractivity contribution is 5.92. The quantitative estimate of drug-likeness (QED) is 0.272. The molecule has 0 radical (unpaired) electrons.